The maximum atomic E-state index is 12.9. The second-order valence-electron chi connectivity index (χ2n) is 21.3. The molecule has 0 N–H and O–H groups in total. The van der Waals surface area contributed by atoms with E-state index >= 15 is 0 Å². The largest absolute Gasteiger partial charge is 0.462 e. The van der Waals surface area contributed by atoms with Crippen molar-refractivity contribution in [1.82, 2.24) is 0 Å². The molecule has 0 heterocycles. The number of ether oxygens (including phenoxy) is 3. The third-order valence-electron chi connectivity index (χ3n) is 13.9. The van der Waals surface area contributed by atoms with Crippen LogP contribution in [0.1, 0.15) is 316 Å². The van der Waals surface area contributed by atoms with Crippen molar-refractivity contribution < 1.29 is 28.6 Å². The first-order valence-electron chi connectivity index (χ1n) is 32.1. The van der Waals surface area contributed by atoms with E-state index in [4.69, 9.17) is 14.2 Å². The van der Waals surface area contributed by atoms with Crippen molar-refractivity contribution in [3.05, 3.63) is 85.1 Å². The number of allylic oxidation sites excluding steroid dienone is 14. The molecule has 75 heavy (non-hydrogen) atoms. The lowest BCUT2D eigenvalue weighted by Gasteiger charge is -2.18. The molecule has 1 atom stereocenters. The molecule has 0 bridgehead atoms. The van der Waals surface area contributed by atoms with Gasteiger partial charge in [0.15, 0.2) is 6.10 Å². The van der Waals surface area contributed by atoms with Gasteiger partial charge in [-0.05, 0) is 96.3 Å². The van der Waals surface area contributed by atoms with E-state index in [1.54, 1.807) is 0 Å². The van der Waals surface area contributed by atoms with E-state index in [1.807, 2.05) is 0 Å². The first kappa shape index (κ1) is 71.6. The Kier molecular flexibility index (Phi) is 60.3. The van der Waals surface area contributed by atoms with Gasteiger partial charge in [-0.25, -0.2) is 0 Å². The van der Waals surface area contributed by atoms with Crippen molar-refractivity contribution in [2.75, 3.05) is 13.2 Å². The summed E-state index contributed by atoms with van der Waals surface area (Å²) in [6.07, 6.45) is 83.0. The molecule has 0 aromatic rings. The minimum Gasteiger partial charge on any atom is -0.462 e. The number of carbonyl (C=O) groups excluding carboxylic acids is 3. The van der Waals surface area contributed by atoms with Crippen LogP contribution in [-0.4, -0.2) is 37.2 Å². The summed E-state index contributed by atoms with van der Waals surface area (Å²) in [4.78, 5) is 38.3. The SMILES string of the molecule is CC/C=C\C/C=C\C/C=C\C/C=C\C/C=C\CCCCCC(=O)OC(COC(=O)CCCCCCCCCCCCC/C=C\C/C=C\CCCCCCC)COC(=O)CCCCCCCCCCCCCCCCC. The van der Waals surface area contributed by atoms with Gasteiger partial charge in [0.05, 0.1) is 0 Å². The zero-order valence-corrected chi connectivity index (χ0v) is 49.6. The molecule has 0 aliphatic rings. The Morgan fingerprint density at radius 1 is 0.280 bits per heavy atom. The van der Waals surface area contributed by atoms with Crippen LogP contribution in [0.15, 0.2) is 85.1 Å². The van der Waals surface area contributed by atoms with Crippen LogP contribution < -0.4 is 0 Å². The molecule has 0 amide bonds. The fourth-order valence-electron chi connectivity index (χ4n) is 9.09. The molecule has 0 spiro atoms. The Balaban J connectivity index is 4.39. The normalized spacial score (nSPS) is 12.6. The summed E-state index contributed by atoms with van der Waals surface area (Å²) >= 11 is 0. The summed E-state index contributed by atoms with van der Waals surface area (Å²) in [5, 5.41) is 0. The average molecular weight is 1050 g/mol. The second kappa shape index (κ2) is 63.1. The standard InChI is InChI=1S/C69H120O6/c1-4-7-10-13-16-19-22-25-28-30-32-33-34-35-37-38-41-44-47-50-53-56-59-62-68(71)74-65-66(64-73-67(70)61-58-55-52-49-46-43-40-27-24-21-18-15-12-9-6-3)75-69(72)63-60-57-54-51-48-45-42-39-36-31-29-26-23-20-17-14-11-8-5-2/h8,11,17,20,22,25-26,29-30,32,36,39,45,48,66H,4-7,9-10,12-16,18-19,21,23-24,27-28,31,33-35,37-38,40-44,46-47,49-65H2,1-3H3/b11-8-,20-17-,25-22-,29-26-,32-30-,39-36-,48-45-. The molecule has 0 aliphatic heterocycles. The molecule has 1 unspecified atom stereocenters. The predicted octanol–water partition coefficient (Wildman–Crippen LogP) is 21.9. The van der Waals surface area contributed by atoms with E-state index in [0.717, 1.165) is 103 Å². The van der Waals surface area contributed by atoms with Crippen LogP contribution in [0.3, 0.4) is 0 Å². The zero-order chi connectivity index (χ0) is 54.3. The topological polar surface area (TPSA) is 78.9 Å². The molecule has 0 aliphatic carbocycles. The van der Waals surface area contributed by atoms with E-state index in [2.05, 4.69) is 106 Å². The second-order valence-corrected chi connectivity index (χ2v) is 21.3. The highest BCUT2D eigenvalue weighted by Gasteiger charge is 2.19. The highest BCUT2D eigenvalue weighted by atomic mass is 16.6. The number of unbranched alkanes of at least 4 members (excludes halogenated alkanes) is 33. The van der Waals surface area contributed by atoms with Crippen molar-refractivity contribution in [2.24, 2.45) is 0 Å². The van der Waals surface area contributed by atoms with E-state index < -0.39 is 6.10 Å². The minimum absolute atomic E-state index is 0.0878. The van der Waals surface area contributed by atoms with Crippen LogP contribution in [0.25, 0.3) is 0 Å². The Morgan fingerprint density at radius 2 is 0.520 bits per heavy atom. The first-order valence-corrected chi connectivity index (χ1v) is 32.1. The lowest BCUT2D eigenvalue weighted by molar-refractivity contribution is -0.167. The summed E-state index contributed by atoms with van der Waals surface area (Å²) < 4.78 is 16.9. The van der Waals surface area contributed by atoms with Crippen molar-refractivity contribution >= 4 is 17.9 Å². The Morgan fingerprint density at radius 3 is 0.827 bits per heavy atom. The molecule has 6 heteroatoms. The molecule has 0 rings (SSSR count). The molecule has 0 saturated heterocycles. The summed E-state index contributed by atoms with van der Waals surface area (Å²) in [7, 11) is 0. The summed E-state index contributed by atoms with van der Waals surface area (Å²) in [5.41, 5.74) is 0. The van der Waals surface area contributed by atoms with Crippen LogP contribution in [0, 0.1) is 0 Å². The number of esters is 3. The van der Waals surface area contributed by atoms with E-state index in [-0.39, 0.29) is 31.1 Å². The highest BCUT2D eigenvalue weighted by Crippen LogP contribution is 2.16. The molecular weight excluding hydrogens is 925 g/mol. The van der Waals surface area contributed by atoms with Gasteiger partial charge in [0.2, 0.25) is 0 Å². The molecular formula is C69H120O6. The van der Waals surface area contributed by atoms with Crippen LogP contribution in [0.2, 0.25) is 0 Å². The van der Waals surface area contributed by atoms with Crippen LogP contribution in [0.5, 0.6) is 0 Å². The Hall–Kier alpha value is -3.41. The molecule has 0 aromatic heterocycles. The fourth-order valence-corrected chi connectivity index (χ4v) is 9.09. The van der Waals surface area contributed by atoms with Gasteiger partial charge in [-0.2, -0.15) is 0 Å². The van der Waals surface area contributed by atoms with Gasteiger partial charge in [-0.15, -0.1) is 0 Å². The quantitative estimate of drug-likeness (QED) is 0.0261. The van der Waals surface area contributed by atoms with Crippen molar-refractivity contribution in [2.45, 2.75) is 322 Å². The monoisotopic (exact) mass is 1040 g/mol. The van der Waals surface area contributed by atoms with Crippen molar-refractivity contribution in [1.29, 1.82) is 0 Å². The van der Waals surface area contributed by atoms with Gasteiger partial charge < -0.3 is 14.2 Å². The van der Waals surface area contributed by atoms with E-state index in [0.29, 0.717) is 19.3 Å². The van der Waals surface area contributed by atoms with Gasteiger partial charge in [-0.1, -0.05) is 286 Å². The summed E-state index contributed by atoms with van der Waals surface area (Å²) in [6.45, 7) is 6.52. The Bertz CT molecular complexity index is 1430. The first-order chi connectivity index (χ1) is 37.0. The molecule has 6 nitrogen and oxygen atoms in total. The lowest BCUT2D eigenvalue weighted by Crippen LogP contribution is -2.30. The average Bonchev–Trinajstić information content (AvgIpc) is 3.41. The number of carbonyl (C=O) groups is 3. The number of hydrogen-bond acceptors (Lipinski definition) is 6. The zero-order valence-electron chi connectivity index (χ0n) is 49.6. The third-order valence-corrected chi connectivity index (χ3v) is 13.9. The molecule has 0 radical (unpaired) electrons. The van der Waals surface area contributed by atoms with Gasteiger partial charge in [0.1, 0.15) is 13.2 Å². The van der Waals surface area contributed by atoms with Gasteiger partial charge >= 0.3 is 17.9 Å². The molecule has 0 aromatic carbocycles. The lowest BCUT2D eigenvalue weighted by atomic mass is 10.0. The number of rotatable bonds is 58. The predicted molar refractivity (Wildman–Crippen MR) is 325 cm³/mol. The minimum atomic E-state index is -0.795. The summed E-state index contributed by atoms with van der Waals surface area (Å²) in [6, 6.07) is 0. The van der Waals surface area contributed by atoms with E-state index in [1.165, 1.54) is 173 Å². The smallest absolute Gasteiger partial charge is 0.306 e. The third kappa shape index (κ3) is 61.3. The molecule has 432 valence electrons. The summed E-state index contributed by atoms with van der Waals surface area (Å²) in [5.74, 6) is -0.909. The van der Waals surface area contributed by atoms with Gasteiger partial charge in [-0.3, -0.25) is 14.4 Å². The maximum Gasteiger partial charge on any atom is 0.306 e. The van der Waals surface area contributed by atoms with Gasteiger partial charge in [0.25, 0.3) is 0 Å². The Labute approximate surface area is 465 Å². The highest BCUT2D eigenvalue weighted by molar-refractivity contribution is 5.71. The fraction of sp³-hybridized carbons (Fsp3) is 0.754. The van der Waals surface area contributed by atoms with Crippen LogP contribution in [0.4, 0.5) is 0 Å². The van der Waals surface area contributed by atoms with Crippen LogP contribution in [-0.2, 0) is 28.6 Å². The maximum absolute atomic E-state index is 12.9. The van der Waals surface area contributed by atoms with Crippen LogP contribution >= 0.6 is 0 Å². The van der Waals surface area contributed by atoms with Crippen molar-refractivity contribution in [3.8, 4) is 0 Å². The number of hydrogen-bond donors (Lipinski definition) is 0. The molecule has 0 saturated carbocycles. The van der Waals surface area contributed by atoms with Crippen molar-refractivity contribution in [3.63, 3.8) is 0 Å². The van der Waals surface area contributed by atoms with Gasteiger partial charge in [0, 0.05) is 19.3 Å². The molecule has 0 fully saturated rings. The van der Waals surface area contributed by atoms with E-state index in [9.17, 15) is 14.4 Å².